The van der Waals surface area contributed by atoms with Gasteiger partial charge in [-0.2, -0.15) is 0 Å². The molecule has 2 N–H and O–H groups in total. The van der Waals surface area contributed by atoms with Crippen LogP contribution in [0.5, 0.6) is 0 Å². The average Bonchev–Trinajstić information content (AvgIpc) is 3.01. The number of hydrogen-bond acceptors (Lipinski definition) is 2. The van der Waals surface area contributed by atoms with Crippen LogP contribution in [0.4, 0.5) is 5.69 Å². The Morgan fingerprint density at radius 1 is 1.17 bits per heavy atom. The lowest BCUT2D eigenvalue weighted by Gasteiger charge is -2.24. The third kappa shape index (κ3) is 2.09. The Bertz CT molecular complexity index is 440. The molecule has 1 aromatic rings. The van der Waals surface area contributed by atoms with E-state index < -0.39 is 0 Å². The summed E-state index contributed by atoms with van der Waals surface area (Å²) >= 11 is 0. The normalized spacial score (nSPS) is 29.3. The summed E-state index contributed by atoms with van der Waals surface area (Å²) in [7, 11) is 1.66. The molecule has 3 unspecified atom stereocenters. The predicted octanol–water partition coefficient (Wildman–Crippen LogP) is 2.65. The zero-order valence-electron chi connectivity index (χ0n) is 10.8. The van der Waals surface area contributed by atoms with Gasteiger partial charge in [0.05, 0.1) is 0 Å². The molecule has 2 fully saturated rings. The number of carbonyl (C=O) groups is 1. The van der Waals surface area contributed by atoms with Crippen LogP contribution in [0.1, 0.15) is 36.0 Å². The molecule has 18 heavy (non-hydrogen) atoms. The summed E-state index contributed by atoms with van der Waals surface area (Å²) in [4.78, 5) is 11.4. The smallest absolute Gasteiger partial charge is 0.251 e. The van der Waals surface area contributed by atoms with Crippen LogP contribution in [0.15, 0.2) is 24.3 Å². The maximum atomic E-state index is 11.4. The van der Waals surface area contributed by atoms with Gasteiger partial charge in [0.1, 0.15) is 0 Å². The zero-order valence-corrected chi connectivity index (χ0v) is 10.8. The molecule has 2 bridgehead atoms. The second-order valence-corrected chi connectivity index (χ2v) is 5.58. The molecule has 0 saturated heterocycles. The fourth-order valence-electron chi connectivity index (χ4n) is 3.50. The summed E-state index contributed by atoms with van der Waals surface area (Å²) in [5, 5.41) is 6.26. The van der Waals surface area contributed by atoms with Gasteiger partial charge in [-0.15, -0.1) is 0 Å². The van der Waals surface area contributed by atoms with Gasteiger partial charge in [-0.3, -0.25) is 4.79 Å². The van der Waals surface area contributed by atoms with Crippen molar-refractivity contribution in [3.05, 3.63) is 29.8 Å². The minimum Gasteiger partial charge on any atom is -0.382 e. The fraction of sp³-hybridized carbons (Fsp3) is 0.533. The van der Waals surface area contributed by atoms with Gasteiger partial charge in [-0.25, -0.2) is 0 Å². The molecule has 2 saturated carbocycles. The van der Waals surface area contributed by atoms with Crippen molar-refractivity contribution in [1.29, 1.82) is 0 Å². The van der Waals surface area contributed by atoms with Gasteiger partial charge in [0.25, 0.3) is 5.91 Å². The molecule has 3 atom stereocenters. The summed E-state index contributed by atoms with van der Waals surface area (Å²) in [6.07, 6.45) is 5.55. The van der Waals surface area contributed by atoms with E-state index in [0.29, 0.717) is 6.04 Å². The van der Waals surface area contributed by atoms with Crippen molar-refractivity contribution < 1.29 is 4.79 Å². The maximum absolute atomic E-state index is 11.4. The van der Waals surface area contributed by atoms with E-state index in [1.54, 1.807) is 7.05 Å². The summed E-state index contributed by atoms with van der Waals surface area (Å²) in [5.74, 6) is 1.80. The highest BCUT2D eigenvalue weighted by atomic mass is 16.1. The summed E-state index contributed by atoms with van der Waals surface area (Å²) in [5.41, 5.74) is 1.86. The lowest BCUT2D eigenvalue weighted by Crippen LogP contribution is -2.25. The molecule has 0 radical (unpaired) electrons. The third-order valence-corrected chi connectivity index (χ3v) is 4.46. The van der Waals surface area contributed by atoms with Crippen molar-refractivity contribution in [2.45, 2.75) is 31.7 Å². The lowest BCUT2D eigenvalue weighted by molar-refractivity contribution is 0.0963. The van der Waals surface area contributed by atoms with E-state index in [1.165, 1.54) is 25.7 Å². The van der Waals surface area contributed by atoms with Crippen LogP contribution >= 0.6 is 0 Å². The molecule has 1 amide bonds. The Morgan fingerprint density at radius 3 is 2.50 bits per heavy atom. The van der Waals surface area contributed by atoms with Gasteiger partial charge in [0.15, 0.2) is 0 Å². The van der Waals surface area contributed by atoms with Gasteiger partial charge in [-0.1, -0.05) is 6.42 Å². The Morgan fingerprint density at radius 2 is 1.94 bits per heavy atom. The third-order valence-electron chi connectivity index (χ3n) is 4.46. The van der Waals surface area contributed by atoms with Crippen LogP contribution in [0.3, 0.4) is 0 Å². The quantitative estimate of drug-likeness (QED) is 0.858. The number of amides is 1. The molecule has 96 valence electrons. The van der Waals surface area contributed by atoms with Gasteiger partial charge in [-0.05, 0) is 55.4 Å². The number of carbonyl (C=O) groups excluding carboxylic acids is 1. The fourth-order valence-corrected chi connectivity index (χ4v) is 3.50. The van der Waals surface area contributed by atoms with E-state index in [4.69, 9.17) is 0 Å². The van der Waals surface area contributed by atoms with Gasteiger partial charge in [0, 0.05) is 24.3 Å². The molecule has 3 nitrogen and oxygen atoms in total. The topological polar surface area (TPSA) is 41.1 Å². The molecule has 0 heterocycles. The van der Waals surface area contributed by atoms with E-state index in [2.05, 4.69) is 10.6 Å². The Kier molecular flexibility index (Phi) is 2.98. The second-order valence-electron chi connectivity index (χ2n) is 5.58. The molecule has 0 aromatic heterocycles. The first kappa shape index (κ1) is 11.6. The van der Waals surface area contributed by atoms with E-state index in [1.807, 2.05) is 24.3 Å². The molecule has 2 aliphatic rings. The summed E-state index contributed by atoms with van der Waals surface area (Å²) in [6, 6.07) is 8.44. The van der Waals surface area contributed by atoms with E-state index in [9.17, 15) is 4.79 Å². The number of nitrogens with one attached hydrogen (secondary N) is 2. The number of hydrogen-bond donors (Lipinski definition) is 2. The molecule has 3 heteroatoms. The highest BCUT2D eigenvalue weighted by molar-refractivity contribution is 5.94. The standard InChI is InChI=1S/C15H20N2O/c1-16-15(18)11-4-6-13(7-5-11)17-14-9-10-2-3-12(14)8-10/h4-7,10,12,14,17H,2-3,8-9H2,1H3,(H,16,18). The molecule has 0 spiro atoms. The van der Waals surface area contributed by atoms with Crippen LogP contribution in [0, 0.1) is 11.8 Å². The first-order valence-electron chi connectivity index (χ1n) is 6.85. The van der Waals surface area contributed by atoms with E-state index in [-0.39, 0.29) is 5.91 Å². The van der Waals surface area contributed by atoms with Gasteiger partial charge in [0.2, 0.25) is 0 Å². The van der Waals surface area contributed by atoms with Crippen molar-refractivity contribution in [3.8, 4) is 0 Å². The monoisotopic (exact) mass is 244 g/mol. The molecular weight excluding hydrogens is 224 g/mol. The summed E-state index contributed by atoms with van der Waals surface area (Å²) in [6.45, 7) is 0. The average molecular weight is 244 g/mol. The van der Waals surface area contributed by atoms with Gasteiger partial charge >= 0.3 is 0 Å². The molecule has 0 aliphatic heterocycles. The van der Waals surface area contributed by atoms with Crippen LogP contribution in [-0.4, -0.2) is 19.0 Å². The Labute approximate surface area is 108 Å². The second kappa shape index (κ2) is 4.63. The largest absolute Gasteiger partial charge is 0.382 e. The first-order valence-corrected chi connectivity index (χ1v) is 6.85. The van der Waals surface area contributed by atoms with E-state index >= 15 is 0 Å². The van der Waals surface area contributed by atoms with Crippen molar-refractivity contribution in [3.63, 3.8) is 0 Å². The van der Waals surface area contributed by atoms with Crippen LogP contribution in [0.2, 0.25) is 0 Å². The van der Waals surface area contributed by atoms with Crippen molar-refractivity contribution >= 4 is 11.6 Å². The van der Waals surface area contributed by atoms with Gasteiger partial charge < -0.3 is 10.6 Å². The maximum Gasteiger partial charge on any atom is 0.251 e. The Hall–Kier alpha value is -1.51. The highest BCUT2D eigenvalue weighted by Gasteiger charge is 2.39. The highest BCUT2D eigenvalue weighted by Crippen LogP contribution is 2.45. The number of rotatable bonds is 3. The van der Waals surface area contributed by atoms with Crippen LogP contribution in [-0.2, 0) is 0 Å². The van der Waals surface area contributed by atoms with Crippen molar-refractivity contribution in [2.75, 3.05) is 12.4 Å². The Balaban J connectivity index is 1.65. The molecule has 2 aliphatic carbocycles. The van der Waals surface area contributed by atoms with Crippen LogP contribution < -0.4 is 10.6 Å². The lowest BCUT2D eigenvalue weighted by atomic mass is 9.95. The minimum absolute atomic E-state index is 0.0264. The first-order chi connectivity index (χ1) is 8.76. The number of fused-ring (bicyclic) bond motifs is 2. The predicted molar refractivity (Wildman–Crippen MR) is 72.7 cm³/mol. The number of benzene rings is 1. The zero-order chi connectivity index (χ0) is 12.5. The van der Waals surface area contributed by atoms with Crippen LogP contribution in [0.25, 0.3) is 0 Å². The minimum atomic E-state index is -0.0264. The summed E-state index contributed by atoms with van der Waals surface area (Å²) < 4.78 is 0. The molecule has 3 rings (SSSR count). The number of anilines is 1. The van der Waals surface area contributed by atoms with Crippen molar-refractivity contribution in [2.24, 2.45) is 11.8 Å². The molecular formula is C15H20N2O. The molecule has 1 aromatic carbocycles. The SMILES string of the molecule is CNC(=O)c1ccc(NC2CC3CCC2C3)cc1. The van der Waals surface area contributed by atoms with E-state index in [0.717, 1.165) is 23.1 Å². The van der Waals surface area contributed by atoms with Crippen molar-refractivity contribution in [1.82, 2.24) is 5.32 Å².